The summed E-state index contributed by atoms with van der Waals surface area (Å²) < 4.78 is 0.680. The van der Waals surface area contributed by atoms with E-state index in [4.69, 9.17) is 28.9 Å². The van der Waals surface area contributed by atoms with Gasteiger partial charge in [-0.2, -0.15) is 0 Å². The normalized spacial score (nSPS) is 12.2. The number of hydrogen-bond donors (Lipinski definition) is 2. The first-order valence-electron chi connectivity index (χ1n) is 5.44. The molecular weight excluding hydrogens is 305 g/mol. The van der Waals surface area contributed by atoms with Crippen molar-refractivity contribution in [1.29, 1.82) is 0 Å². The summed E-state index contributed by atoms with van der Waals surface area (Å²) in [6.45, 7) is 1.87. The van der Waals surface area contributed by atoms with E-state index in [2.05, 4.69) is 10.3 Å². The number of hydrogen-bond acceptors (Lipinski definition) is 4. The Hall–Kier alpha value is -1.30. The van der Waals surface area contributed by atoms with Crippen LogP contribution in [0.1, 0.15) is 28.2 Å². The number of aromatic nitrogens is 1. The maximum atomic E-state index is 12.1. The molecule has 2 aromatic rings. The number of nitrogens with zero attached hydrogens (tertiary/aromatic N) is 1. The van der Waals surface area contributed by atoms with Crippen LogP contribution in [0.15, 0.2) is 24.4 Å². The first-order chi connectivity index (χ1) is 8.97. The third-order valence-electron chi connectivity index (χ3n) is 2.47. The fraction of sp³-hybridized carbons (Fsp3) is 0.167. The maximum absolute atomic E-state index is 12.1. The molecule has 0 fully saturated rings. The number of nitrogens with two attached hydrogens (primary N) is 1. The summed E-state index contributed by atoms with van der Waals surface area (Å²) in [6.07, 6.45) is 1.40. The molecule has 0 aromatic carbocycles. The van der Waals surface area contributed by atoms with Gasteiger partial charge in [-0.1, -0.05) is 23.2 Å². The van der Waals surface area contributed by atoms with E-state index >= 15 is 0 Å². The molecule has 100 valence electrons. The maximum Gasteiger partial charge on any atom is 0.254 e. The summed E-state index contributed by atoms with van der Waals surface area (Å²) in [4.78, 5) is 16.9. The van der Waals surface area contributed by atoms with E-state index in [0.29, 0.717) is 10.0 Å². The second-order valence-corrected chi connectivity index (χ2v) is 6.05. The molecule has 0 saturated heterocycles. The highest BCUT2D eigenvalue weighted by molar-refractivity contribution is 7.16. The van der Waals surface area contributed by atoms with E-state index in [1.54, 1.807) is 6.07 Å². The third-order valence-corrected chi connectivity index (χ3v) is 4.19. The standard InChI is InChI=1S/C12H11Cl2N3OS/c1-6(9-2-3-10(13)19-9)17-12(18)8-4-7(15)5-16-11(8)14/h2-6H,15H2,1H3,(H,17,18). The second kappa shape index (κ2) is 5.77. The average Bonchev–Trinajstić information content (AvgIpc) is 2.79. The minimum absolute atomic E-state index is 0.128. The van der Waals surface area contributed by atoms with Crippen LogP contribution < -0.4 is 11.1 Å². The van der Waals surface area contributed by atoms with E-state index in [1.165, 1.54) is 23.6 Å². The van der Waals surface area contributed by atoms with Gasteiger partial charge in [0.1, 0.15) is 5.15 Å². The molecule has 4 nitrogen and oxygen atoms in total. The number of nitrogens with one attached hydrogen (secondary N) is 1. The predicted octanol–water partition coefficient (Wildman–Crippen LogP) is 3.52. The van der Waals surface area contributed by atoms with Gasteiger partial charge in [0.05, 0.1) is 27.8 Å². The lowest BCUT2D eigenvalue weighted by atomic mass is 10.2. The van der Waals surface area contributed by atoms with Crippen molar-refractivity contribution < 1.29 is 4.79 Å². The summed E-state index contributed by atoms with van der Waals surface area (Å²) >= 11 is 13.2. The monoisotopic (exact) mass is 315 g/mol. The minimum atomic E-state index is -0.318. The first-order valence-corrected chi connectivity index (χ1v) is 7.01. The van der Waals surface area contributed by atoms with Crippen molar-refractivity contribution in [3.8, 4) is 0 Å². The lowest BCUT2D eigenvalue weighted by molar-refractivity contribution is 0.0940. The van der Waals surface area contributed by atoms with Crippen LogP contribution >= 0.6 is 34.5 Å². The Morgan fingerprint density at radius 1 is 1.47 bits per heavy atom. The summed E-state index contributed by atoms with van der Waals surface area (Å²) in [7, 11) is 0. The molecule has 0 saturated carbocycles. The van der Waals surface area contributed by atoms with Gasteiger partial charge in [-0.15, -0.1) is 11.3 Å². The molecule has 0 radical (unpaired) electrons. The van der Waals surface area contributed by atoms with Crippen LogP contribution in [0.5, 0.6) is 0 Å². The Bertz CT molecular complexity index is 615. The summed E-state index contributed by atoms with van der Waals surface area (Å²) in [5, 5.41) is 2.95. The van der Waals surface area contributed by atoms with E-state index in [1.807, 2.05) is 13.0 Å². The van der Waals surface area contributed by atoms with Gasteiger partial charge in [0.2, 0.25) is 0 Å². The van der Waals surface area contributed by atoms with Gasteiger partial charge in [0.25, 0.3) is 5.91 Å². The van der Waals surface area contributed by atoms with Crippen LogP contribution in [0.3, 0.4) is 0 Å². The molecule has 2 heterocycles. The van der Waals surface area contributed by atoms with Crippen molar-refractivity contribution in [2.75, 3.05) is 5.73 Å². The van der Waals surface area contributed by atoms with E-state index in [0.717, 1.165) is 4.88 Å². The molecular formula is C12H11Cl2N3OS. The molecule has 0 aliphatic rings. The number of rotatable bonds is 3. The fourth-order valence-electron chi connectivity index (χ4n) is 1.53. The average molecular weight is 316 g/mol. The number of anilines is 1. The number of thiophene rings is 1. The van der Waals surface area contributed by atoms with Crippen molar-refractivity contribution in [3.63, 3.8) is 0 Å². The smallest absolute Gasteiger partial charge is 0.254 e. The molecule has 1 atom stereocenters. The van der Waals surface area contributed by atoms with Crippen molar-refractivity contribution >= 4 is 46.1 Å². The minimum Gasteiger partial charge on any atom is -0.397 e. The van der Waals surface area contributed by atoms with E-state index in [9.17, 15) is 4.79 Å². The summed E-state index contributed by atoms with van der Waals surface area (Å²) in [5.74, 6) is -0.318. The largest absolute Gasteiger partial charge is 0.397 e. The van der Waals surface area contributed by atoms with Gasteiger partial charge in [-0.05, 0) is 25.1 Å². The molecule has 0 aliphatic carbocycles. The molecule has 1 amide bonds. The Morgan fingerprint density at radius 3 is 2.84 bits per heavy atom. The Morgan fingerprint density at radius 2 is 2.21 bits per heavy atom. The molecule has 2 aromatic heterocycles. The first kappa shape index (κ1) is 14.1. The van der Waals surface area contributed by atoms with Crippen molar-refractivity contribution in [3.05, 3.63) is 44.3 Å². The van der Waals surface area contributed by atoms with Gasteiger partial charge in [0, 0.05) is 4.88 Å². The Balaban J connectivity index is 2.15. The number of pyridine rings is 1. The molecule has 1 unspecified atom stereocenters. The van der Waals surface area contributed by atoms with Crippen LogP contribution in [0, 0.1) is 0 Å². The number of halogens is 2. The van der Waals surface area contributed by atoms with Gasteiger partial charge in [-0.3, -0.25) is 4.79 Å². The van der Waals surface area contributed by atoms with Gasteiger partial charge in [-0.25, -0.2) is 4.98 Å². The van der Waals surface area contributed by atoms with E-state index in [-0.39, 0.29) is 22.7 Å². The highest BCUT2D eigenvalue weighted by Crippen LogP contribution is 2.27. The molecule has 2 rings (SSSR count). The van der Waals surface area contributed by atoms with Crippen LogP contribution in [0.4, 0.5) is 5.69 Å². The highest BCUT2D eigenvalue weighted by Gasteiger charge is 2.16. The molecule has 7 heteroatoms. The van der Waals surface area contributed by atoms with Crippen LogP contribution in [0.2, 0.25) is 9.49 Å². The van der Waals surface area contributed by atoms with Crippen molar-refractivity contribution in [2.24, 2.45) is 0 Å². The number of carbonyl (C=O) groups is 1. The molecule has 0 aliphatic heterocycles. The summed E-state index contributed by atoms with van der Waals surface area (Å²) in [5.41, 5.74) is 6.24. The Labute approximate surface area is 124 Å². The quantitative estimate of drug-likeness (QED) is 0.851. The van der Waals surface area contributed by atoms with Crippen LogP contribution in [0.25, 0.3) is 0 Å². The van der Waals surface area contributed by atoms with Crippen molar-refractivity contribution in [1.82, 2.24) is 10.3 Å². The number of amides is 1. The van der Waals surface area contributed by atoms with E-state index < -0.39 is 0 Å². The number of carbonyl (C=O) groups excluding carboxylic acids is 1. The molecule has 0 bridgehead atoms. The zero-order chi connectivity index (χ0) is 14.0. The van der Waals surface area contributed by atoms with Crippen LogP contribution in [-0.4, -0.2) is 10.9 Å². The molecule has 3 N–H and O–H groups in total. The third kappa shape index (κ3) is 3.37. The number of nitrogen functional groups attached to an aromatic ring is 1. The highest BCUT2D eigenvalue weighted by atomic mass is 35.5. The van der Waals surface area contributed by atoms with Crippen molar-refractivity contribution in [2.45, 2.75) is 13.0 Å². The Kier molecular flexibility index (Phi) is 4.29. The second-order valence-electron chi connectivity index (χ2n) is 3.94. The zero-order valence-corrected chi connectivity index (χ0v) is 12.3. The SMILES string of the molecule is CC(NC(=O)c1cc(N)cnc1Cl)c1ccc(Cl)s1. The molecule has 19 heavy (non-hydrogen) atoms. The lowest BCUT2D eigenvalue weighted by Crippen LogP contribution is -2.26. The summed E-state index contributed by atoms with van der Waals surface area (Å²) in [6, 6.07) is 5.00. The fourth-order valence-corrected chi connectivity index (χ4v) is 2.78. The zero-order valence-electron chi connectivity index (χ0n) is 9.98. The van der Waals surface area contributed by atoms with Gasteiger partial charge < -0.3 is 11.1 Å². The van der Waals surface area contributed by atoms with Gasteiger partial charge in [0.15, 0.2) is 0 Å². The van der Waals surface area contributed by atoms with Gasteiger partial charge >= 0.3 is 0 Å². The van der Waals surface area contributed by atoms with Crippen LogP contribution in [-0.2, 0) is 0 Å². The molecule has 0 spiro atoms. The predicted molar refractivity (Wildman–Crippen MR) is 78.9 cm³/mol. The lowest BCUT2D eigenvalue weighted by Gasteiger charge is -2.12. The topological polar surface area (TPSA) is 68.0 Å².